The Bertz CT molecular complexity index is 825. The molecule has 0 saturated carbocycles. The molecule has 0 unspecified atom stereocenters. The predicted octanol–water partition coefficient (Wildman–Crippen LogP) is 2.75. The number of aliphatic hydroxyl groups excluding tert-OH is 2. The first-order valence-electron chi connectivity index (χ1n) is 11.1. The standard InChI is InChI=1S/C25H36N2O4/c1-19-20(2)25(30-3)9-6-22(19)17-27-12-11-26(18-23(27)10-13-28)16-21-4-7-24(8-5-21)31-15-14-29/h4-9,23,28-29H,10-18H2,1-3H3/t23-/m1/s1. The molecule has 1 saturated heterocycles. The Morgan fingerprint density at radius 3 is 2.39 bits per heavy atom. The summed E-state index contributed by atoms with van der Waals surface area (Å²) in [5.74, 6) is 1.72. The lowest BCUT2D eigenvalue weighted by atomic mass is 10.00. The maximum absolute atomic E-state index is 9.65. The van der Waals surface area contributed by atoms with E-state index in [1.165, 1.54) is 22.3 Å². The van der Waals surface area contributed by atoms with Crippen LogP contribution in [0.15, 0.2) is 36.4 Å². The third kappa shape index (κ3) is 6.20. The number of aliphatic hydroxyl groups is 2. The minimum absolute atomic E-state index is 0.0217. The molecule has 3 rings (SSSR count). The molecule has 6 heteroatoms. The van der Waals surface area contributed by atoms with Gasteiger partial charge >= 0.3 is 0 Å². The summed E-state index contributed by atoms with van der Waals surface area (Å²) < 4.78 is 10.9. The number of hydrogen-bond acceptors (Lipinski definition) is 6. The average Bonchev–Trinajstić information content (AvgIpc) is 2.78. The molecule has 1 aliphatic rings. The molecule has 0 spiro atoms. The largest absolute Gasteiger partial charge is 0.496 e. The molecule has 2 N–H and O–H groups in total. The molecular formula is C25H36N2O4. The maximum Gasteiger partial charge on any atom is 0.122 e. The number of nitrogens with zero attached hydrogens (tertiary/aromatic N) is 2. The topological polar surface area (TPSA) is 65.4 Å². The van der Waals surface area contributed by atoms with Crippen molar-refractivity contribution in [1.82, 2.24) is 9.80 Å². The van der Waals surface area contributed by atoms with Gasteiger partial charge < -0.3 is 19.7 Å². The van der Waals surface area contributed by atoms with Crippen LogP contribution in [0, 0.1) is 13.8 Å². The van der Waals surface area contributed by atoms with Crippen molar-refractivity contribution in [3.8, 4) is 11.5 Å². The summed E-state index contributed by atoms with van der Waals surface area (Å²) in [6.07, 6.45) is 0.776. The van der Waals surface area contributed by atoms with Gasteiger partial charge in [0, 0.05) is 45.4 Å². The van der Waals surface area contributed by atoms with Crippen molar-refractivity contribution >= 4 is 0 Å². The van der Waals surface area contributed by atoms with Crippen molar-refractivity contribution in [2.24, 2.45) is 0 Å². The number of benzene rings is 2. The predicted molar refractivity (Wildman–Crippen MR) is 123 cm³/mol. The first-order chi connectivity index (χ1) is 15.0. The lowest BCUT2D eigenvalue weighted by molar-refractivity contribution is 0.0498. The monoisotopic (exact) mass is 428 g/mol. The van der Waals surface area contributed by atoms with Gasteiger partial charge in [-0.2, -0.15) is 0 Å². The van der Waals surface area contributed by atoms with Crippen LogP contribution in [0.1, 0.15) is 28.7 Å². The third-order valence-electron chi connectivity index (χ3n) is 6.28. The van der Waals surface area contributed by atoms with E-state index in [-0.39, 0.29) is 13.2 Å². The minimum atomic E-state index is 0.0217. The lowest BCUT2D eigenvalue weighted by Gasteiger charge is -2.41. The second-order valence-electron chi connectivity index (χ2n) is 8.26. The van der Waals surface area contributed by atoms with Gasteiger partial charge in [-0.05, 0) is 60.7 Å². The zero-order chi connectivity index (χ0) is 22.2. The highest BCUT2D eigenvalue weighted by molar-refractivity contribution is 5.43. The molecule has 31 heavy (non-hydrogen) atoms. The Balaban J connectivity index is 1.62. The Morgan fingerprint density at radius 2 is 1.71 bits per heavy atom. The van der Waals surface area contributed by atoms with Crippen LogP contribution in [0.25, 0.3) is 0 Å². The molecule has 6 nitrogen and oxygen atoms in total. The highest BCUT2D eigenvalue weighted by Gasteiger charge is 2.27. The minimum Gasteiger partial charge on any atom is -0.496 e. The lowest BCUT2D eigenvalue weighted by Crippen LogP contribution is -2.52. The zero-order valence-electron chi connectivity index (χ0n) is 19.0. The maximum atomic E-state index is 9.65. The van der Waals surface area contributed by atoms with E-state index in [9.17, 15) is 5.11 Å². The number of rotatable bonds is 10. The molecule has 170 valence electrons. The molecule has 2 aromatic carbocycles. The van der Waals surface area contributed by atoms with Gasteiger partial charge in [0.15, 0.2) is 0 Å². The molecule has 2 aromatic rings. The third-order valence-corrected chi connectivity index (χ3v) is 6.28. The summed E-state index contributed by atoms with van der Waals surface area (Å²) in [4.78, 5) is 4.97. The number of ether oxygens (including phenoxy) is 2. The van der Waals surface area contributed by atoms with Gasteiger partial charge in [0.25, 0.3) is 0 Å². The van der Waals surface area contributed by atoms with Crippen molar-refractivity contribution in [1.29, 1.82) is 0 Å². The van der Waals surface area contributed by atoms with Crippen LogP contribution in [-0.2, 0) is 13.1 Å². The zero-order valence-corrected chi connectivity index (χ0v) is 19.0. The summed E-state index contributed by atoms with van der Waals surface area (Å²) in [5, 5.41) is 18.5. The Hall–Kier alpha value is -2.12. The van der Waals surface area contributed by atoms with Gasteiger partial charge in [0.1, 0.15) is 18.1 Å². The van der Waals surface area contributed by atoms with E-state index in [4.69, 9.17) is 14.6 Å². The van der Waals surface area contributed by atoms with Crippen molar-refractivity contribution in [2.45, 2.75) is 39.4 Å². The van der Waals surface area contributed by atoms with Gasteiger partial charge in [-0.15, -0.1) is 0 Å². The summed E-state index contributed by atoms with van der Waals surface area (Å²) in [5.41, 5.74) is 5.05. The molecule has 1 aliphatic heterocycles. The Morgan fingerprint density at radius 1 is 0.935 bits per heavy atom. The first-order valence-corrected chi connectivity index (χ1v) is 11.1. The second-order valence-corrected chi connectivity index (χ2v) is 8.26. The van der Waals surface area contributed by atoms with Gasteiger partial charge in [-0.1, -0.05) is 18.2 Å². The SMILES string of the molecule is COc1ccc(CN2CCN(Cc3ccc(OCCO)cc3)C[C@H]2CCO)c(C)c1C. The second kappa shape index (κ2) is 11.5. The molecule has 1 heterocycles. The van der Waals surface area contributed by atoms with Crippen molar-refractivity contribution in [2.75, 3.05) is 46.6 Å². The van der Waals surface area contributed by atoms with E-state index in [1.807, 2.05) is 12.1 Å². The van der Waals surface area contributed by atoms with Crippen LogP contribution in [-0.4, -0.2) is 72.6 Å². The van der Waals surface area contributed by atoms with E-state index in [1.54, 1.807) is 7.11 Å². The highest BCUT2D eigenvalue weighted by atomic mass is 16.5. The molecule has 0 aromatic heterocycles. The molecule has 0 amide bonds. The van der Waals surface area contributed by atoms with Gasteiger partial charge in [0.05, 0.1) is 13.7 Å². The fourth-order valence-electron chi connectivity index (χ4n) is 4.31. The summed E-state index contributed by atoms with van der Waals surface area (Å²) in [6.45, 7) is 9.52. The van der Waals surface area contributed by atoms with E-state index >= 15 is 0 Å². The van der Waals surface area contributed by atoms with Crippen LogP contribution < -0.4 is 9.47 Å². The number of piperazine rings is 1. The smallest absolute Gasteiger partial charge is 0.122 e. The molecule has 0 aliphatic carbocycles. The quantitative estimate of drug-likeness (QED) is 0.607. The van der Waals surface area contributed by atoms with Crippen LogP contribution >= 0.6 is 0 Å². The molecular weight excluding hydrogens is 392 g/mol. The van der Waals surface area contributed by atoms with Crippen LogP contribution in [0.2, 0.25) is 0 Å². The molecule has 0 bridgehead atoms. The van der Waals surface area contributed by atoms with E-state index < -0.39 is 0 Å². The average molecular weight is 429 g/mol. The van der Waals surface area contributed by atoms with Crippen LogP contribution in [0.4, 0.5) is 0 Å². The number of hydrogen-bond donors (Lipinski definition) is 2. The summed E-state index contributed by atoms with van der Waals surface area (Å²) in [7, 11) is 1.72. The Kier molecular flexibility index (Phi) is 8.72. The number of methoxy groups -OCH3 is 1. The normalized spacial score (nSPS) is 17.6. The van der Waals surface area contributed by atoms with Gasteiger partial charge in [-0.3, -0.25) is 9.80 Å². The van der Waals surface area contributed by atoms with Crippen molar-refractivity contribution in [3.05, 3.63) is 58.7 Å². The van der Waals surface area contributed by atoms with Crippen LogP contribution in [0.5, 0.6) is 11.5 Å². The van der Waals surface area contributed by atoms with Gasteiger partial charge in [-0.25, -0.2) is 0 Å². The highest BCUT2D eigenvalue weighted by Crippen LogP contribution is 2.26. The van der Waals surface area contributed by atoms with Crippen LogP contribution in [0.3, 0.4) is 0 Å². The van der Waals surface area contributed by atoms with E-state index in [0.717, 1.165) is 50.6 Å². The van der Waals surface area contributed by atoms with Crippen molar-refractivity contribution < 1.29 is 19.7 Å². The fourth-order valence-corrected chi connectivity index (χ4v) is 4.31. The molecule has 0 radical (unpaired) electrons. The van der Waals surface area contributed by atoms with Crippen molar-refractivity contribution in [3.63, 3.8) is 0 Å². The van der Waals surface area contributed by atoms with E-state index in [0.29, 0.717) is 12.6 Å². The summed E-state index contributed by atoms with van der Waals surface area (Å²) in [6, 6.07) is 12.6. The molecule has 1 fully saturated rings. The van der Waals surface area contributed by atoms with E-state index in [2.05, 4.69) is 47.9 Å². The fraction of sp³-hybridized carbons (Fsp3) is 0.520. The first kappa shape index (κ1) is 23.5. The molecule has 1 atom stereocenters. The Labute approximate surface area is 186 Å². The van der Waals surface area contributed by atoms with Gasteiger partial charge in [0.2, 0.25) is 0 Å². The summed E-state index contributed by atoms with van der Waals surface area (Å²) >= 11 is 0.